The Balaban J connectivity index is 1.87. The normalized spacial score (nSPS) is 10.8. The predicted octanol–water partition coefficient (Wildman–Crippen LogP) is 2.24. The number of rotatable bonds is 6. The lowest BCUT2D eigenvalue weighted by Crippen LogP contribution is -2.17. The van der Waals surface area contributed by atoms with Crippen molar-refractivity contribution < 1.29 is 14.3 Å². The van der Waals surface area contributed by atoms with Crippen molar-refractivity contribution in [3.8, 4) is 5.75 Å². The quantitative estimate of drug-likeness (QED) is 0.720. The minimum absolute atomic E-state index is 0.161. The molecule has 0 aliphatic rings. The van der Waals surface area contributed by atoms with Gasteiger partial charge in [0, 0.05) is 37.5 Å². The van der Waals surface area contributed by atoms with Gasteiger partial charge in [-0.15, -0.1) is 0 Å². The summed E-state index contributed by atoms with van der Waals surface area (Å²) >= 11 is 0. The van der Waals surface area contributed by atoms with Crippen molar-refractivity contribution in [2.45, 2.75) is 6.54 Å². The molecule has 0 atom stereocenters. The van der Waals surface area contributed by atoms with E-state index in [9.17, 15) is 9.59 Å². The van der Waals surface area contributed by atoms with E-state index in [1.54, 1.807) is 7.11 Å². The lowest BCUT2D eigenvalue weighted by molar-refractivity contribution is 0.102. The van der Waals surface area contributed by atoms with Crippen LogP contribution in [0.5, 0.6) is 5.75 Å². The third-order valence-corrected chi connectivity index (χ3v) is 3.94. The summed E-state index contributed by atoms with van der Waals surface area (Å²) in [6.07, 6.45) is 3.33. The first-order chi connectivity index (χ1) is 12.1. The van der Waals surface area contributed by atoms with Crippen LogP contribution in [0.2, 0.25) is 0 Å². The number of aromatic nitrogens is 2. The molecule has 7 heteroatoms. The number of pyridine rings is 1. The third kappa shape index (κ3) is 3.41. The van der Waals surface area contributed by atoms with Gasteiger partial charge in [-0.05, 0) is 18.2 Å². The number of amides is 1. The molecule has 2 heterocycles. The predicted molar refractivity (Wildman–Crippen MR) is 95.4 cm³/mol. The van der Waals surface area contributed by atoms with E-state index >= 15 is 0 Å². The Kier molecular flexibility index (Phi) is 4.85. The Bertz CT molecular complexity index is 958. The van der Waals surface area contributed by atoms with Crippen LogP contribution >= 0.6 is 0 Å². The minimum atomic E-state index is -0.392. The van der Waals surface area contributed by atoms with Crippen molar-refractivity contribution in [3.05, 3.63) is 58.6 Å². The fraction of sp³-hybridized carbons (Fsp3) is 0.222. The first kappa shape index (κ1) is 16.8. The van der Waals surface area contributed by atoms with Gasteiger partial charge in [-0.1, -0.05) is 6.07 Å². The summed E-state index contributed by atoms with van der Waals surface area (Å²) in [5.41, 5.74) is 1.49. The van der Waals surface area contributed by atoms with E-state index in [0.717, 1.165) is 17.4 Å². The minimum Gasteiger partial charge on any atom is -0.491 e. The molecule has 0 saturated heterocycles. The standard InChI is InChI=1S/C18H19N3O4/c1-24-9-8-21-7-6-12-13(4-3-5-15(12)21)20-18(23)14-10-16(22)17(25-2)11-19-14/h3-7,10-11H,8-9H2,1-2H3,(H,19,22)(H,20,23). The molecule has 0 unspecified atom stereocenters. The zero-order chi connectivity index (χ0) is 17.8. The number of nitrogens with zero attached hydrogens (tertiary/aromatic N) is 1. The van der Waals surface area contributed by atoms with Crippen LogP contribution in [0.3, 0.4) is 0 Å². The van der Waals surface area contributed by atoms with Crippen LogP contribution in [0.1, 0.15) is 10.5 Å². The summed E-state index contributed by atoms with van der Waals surface area (Å²) in [4.78, 5) is 27.0. The molecule has 2 aromatic heterocycles. The van der Waals surface area contributed by atoms with Gasteiger partial charge >= 0.3 is 0 Å². The van der Waals surface area contributed by atoms with Crippen LogP contribution in [0.4, 0.5) is 5.69 Å². The van der Waals surface area contributed by atoms with Crippen molar-refractivity contribution in [2.75, 3.05) is 26.1 Å². The molecular formula is C18H19N3O4. The highest BCUT2D eigenvalue weighted by Crippen LogP contribution is 2.25. The Morgan fingerprint density at radius 3 is 2.84 bits per heavy atom. The van der Waals surface area contributed by atoms with Gasteiger partial charge in [0.2, 0.25) is 5.43 Å². The lowest BCUT2D eigenvalue weighted by Gasteiger charge is -2.09. The van der Waals surface area contributed by atoms with Crippen LogP contribution in [0.15, 0.2) is 47.5 Å². The number of carbonyl (C=O) groups excluding carboxylic acids is 1. The van der Waals surface area contributed by atoms with Crippen LogP contribution < -0.4 is 15.5 Å². The van der Waals surface area contributed by atoms with Crippen molar-refractivity contribution in [1.29, 1.82) is 0 Å². The van der Waals surface area contributed by atoms with E-state index in [0.29, 0.717) is 12.3 Å². The largest absolute Gasteiger partial charge is 0.491 e. The maximum Gasteiger partial charge on any atom is 0.272 e. The maximum absolute atomic E-state index is 12.4. The summed E-state index contributed by atoms with van der Waals surface area (Å²) in [6.45, 7) is 1.33. The van der Waals surface area contributed by atoms with E-state index in [2.05, 4.69) is 14.9 Å². The second-order valence-electron chi connectivity index (χ2n) is 5.47. The molecule has 1 aromatic carbocycles. The Morgan fingerprint density at radius 2 is 2.12 bits per heavy atom. The van der Waals surface area contributed by atoms with E-state index < -0.39 is 5.91 Å². The molecule has 3 rings (SSSR count). The van der Waals surface area contributed by atoms with Crippen LogP contribution in [0, 0.1) is 0 Å². The van der Waals surface area contributed by atoms with Crippen LogP contribution in [-0.4, -0.2) is 36.3 Å². The molecule has 0 spiro atoms. The number of benzene rings is 1. The first-order valence-corrected chi connectivity index (χ1v) is 7.79. The van der Waals surface area contributed by atoms with Gasteiger partial charge in [-0.3, -0.25) is 9.59 Å². The number of anilines is 1. The number of hydrogen-bond donors (Lipinski definition) is 2. The Hall–Kier alpha value is -3.06. The SMILES string of the molecule is COCCn1ccc2c(NC(=O)c3cc(=O)c(OC)c[nH]3)cccc21. The summed E-state index contributed by atoms with van der Waals surface area (Å²) in [7, 11) is 3.06. The van der Waals surface area contributed by atoms with E-state index in [1.807, 2.05) is 30.5 Å². The molecule has 3 aromatic rings. The number of ether oxygens (including phenoxy) is 2. The van der Waals surface area contributed by atoms with E-state index in [-0.39, 0.29) is 16.9 Å². The second-order valence-corrected chi connectivity index (χ2v) is 5.47. The number of methoxy groups -OCH3 is 2. The van der Waals surface area contributed by atoms with Crippen molar-refractivity contribution in [1.82, 2.24) is 9.55 Å². The van der Waals surface area contributed by atoms with Crippen molar-refractivity contribution in [2.24, 2.45) is 0 Å². The summed E-state index contributed by atoms with van der Waals surface area (Å²) in [5, 5.41) is 3.76. The van der Waals surface area contributed by atoms with Gasteiger partial charge in [-0.25, -0.2) is 0 Å². The van der Waals surface area contributed by atoms with Gasteiger partial charge in [0.15, 0.2) is 5.75 Å². The average molecular weight is 341 g/mol. The number of hydrogen-bond acceptors (Lipinski definition) is 4. The smallest absolute Gasteiger partial charge is 0.272 e. The van der Waals surface area contributed by atoms with Gasteiger partial charge in [0.05, 0.1) is 24.9 Å². The topological polar surface area (TPSA) is 85.3 Å². The molecule has 1 amide bonds. The molecule has 0 aliphatic carbocycles. The number of H-pyrrole nitrogens is 1. The molecule has 130 valence electrons. The number of aromatic amines is 1. The molecule has 0 bridgehead atoms. The van der Waals surface area contributed by atoms with E-state index in [1.165, 1.54) is 19.4 Å². The molecule has 25 heavy (non-hydrogen) atoms. The summed E-state index contributed by atoms with van der Waals surface area (Å²) < 4.78 is 12.1. The summed E-state index contributed by atoms with van der Waals surface area (Å²) in [6, 6.07) is 8.84. The lowest BCUT2D eigenvalue weighted by atomic mass is 10.2. The average Bonchev–Trinajstić information content (AvgIpc) is 3.04. The number of nitrogens with one attached hydrogen (secondary N) is 2. The number of carbonyl (C=O) groups is 1. The zero-order valence-electron chi connectivity index (χ0n) is 14.0. The molecule has 0 fully saturated rings. The monoisotopic (exact) mass is 341 g/mol. The zero-order valence-corrected chi connectivity index (χ0v) is 14.0. The Morgan fingerprint density at radius 1 is 1.28 bits per heavy atom. The van der Waals surface area contributed by atoms with Crippen molar-refractivity contribution >= 4 is 22.5 Å². The fourth-order valence-electron chi connectivity index (χ4n) is 2.66. The number of fused-ring (bicyclic) bond motifs is 1. The van der Waals surface area contributed by atoms with Crippen molar-refractivity contribution in [3.63, 3.8) is 0 Å². The molecule has 7 nitrogen and oxygen atoms in total. The first-order valence-electron chi connectivity index (χ1n) is 7.79. The third-order valence-electron chi connectivity index (χ3n) is 3.94. The highest BCUT2D eigenvalue weighted by Gasteiger charge is 2.12. The van der Waals surface area contributed by atoms with Gasteiger partial charge in [-0.2, -0.15) is 0 Å². The molecule has 0 aliphatic heterocycles. The highest BCUT2D eigenvalue weighted by molar-refractivity contribution is 6.07. The highest BCUT2D eigenvalue weighted by atomic mass is 16.5. The van der Waals surface area contributed by atoms with Gasteiger partial charge < -0.3 is 24.3 Å². The molecule has 0 radical (unpaired) electrons. The molecular weight excluding hydrogens is 322 g/mol. The van der Waals surface area contributed by atoms with Crippen LogP contribution in [0.25, 0.3) is 10.9 Å². The van der Waals surface area contributed by atoms with E-state index in [4.69, 9.17) is 9.47 Å². The maximum atomic E-state index is 12.4. The molecule has 2 N–H and O–H groups in total. The molecule has 0 saturated carbocycles. The summed E-state index contributed by atoms with van der Waals surface area (Å²) in [5.74, 6) is -0.231. The van der Waals surface area contributed by atoms with Gasteiger partial charge in [0.1, 0.15) is 5.69 Å². The van der Waals surface area contributed by atoms with Gasteiger partial charge in [0.25, 0.3) is 5.91 Å². The van der Waals surface area contributed by atoms with Crippen LogP contribution in [-0.2, 0) is 11.3 Å². The Labute approximate surface area is 144 Å². The second kappa shape index (κ2) is 7.23. The fourth-order valence-corrected chi connectivity index (χ4v) is 2.66.